The number of hydrogen-bond acceptors (Lipinski definition) is 5. The number of ether oxygens (including phenoxy) is 2. The average Bonchev–Trinajstić information content (AvgIpc) is 2.26. The van der Waals surface area contributed by atoms with Gasteiger partial charge in [-0.3, -0.25) is 4.79 Å². The van der Waals surface area contributed by atoms with Gasteiger partial charge in [0.1, 0.15) is 6.54 Å². The maximum Gasteiger partial charge on any atom is 0.239 e. The molecule has 0 bridgehead atoms. The van der Waals surface area contributed by atoms with Gasteiger partial charge in [0.25, 0.3) is 0 Å². The molecule has 1 saturated heterocycles. The smallest absolute Gasteiger partial charge is 0.239 e. The quantitative estimate of drug-likeness (QED) is 0.683. The summed E-state index contributed by atoms with van der Waals surface area (Å²) in [6.45, 7) is 7.69. The third-order valence-corrected chi connectivity index (χ3v) is 2.72. The van der Waals surface area contributed by atoms with Gasteiger partial charge in [-0.2, -0.15) is 5.06 Å². The molecule has 1 N–H and O–H groups in total. The second-order valence-corrected chi connectivity index (χ2v) is 4.09. The highest BCUT2D eigenvalue weighted by Gasteiger charge is 2.30. The summed E-state index contributed by atoms with van der Waals surface area (Å²) in [6, 6.07) is -0.0587. The minimum Gasteiger partial charge on any atom is -0.351 e. The standard InChI is InChI=1S/C11H22N2O4/c1-4-16-11(17-5-2)8-12-6-9(3)13(15)7-10(12)14/h9,11,15H,4-8H2,1-3H3. The van der Waals surface area contributed by atoms with E-state index in [-0.39, 0.29) is 24.8 Å². The maximum absolute atomic E-state index is 11.7. The first-order chi connectivity index (χ1) is 8.08. The molecule has 0 saturated carbocycles. The number of carbonyl (C=O) groups is 1. The zero-order chi connectivity index (χ0) is 12.8. The van der Waals surface area contributed by atoms with Crippen molar-refractivity contribution in [3.05, 3.63) is 0 Å². The Hall–Kier alpha value is -0.690. The number of amides is 1. The fourth-order valence-corrected chi connectivity index (χ4v) is 1.79. The normalized spacial score (nSPS) is 22.5. The van der Waals surface area contributed by atoms with Gasteiger partial charge in [0, 0.05) is 19.8 Å². The van der Waals surface area contributed by atoms with Gasteiger partial charge in [-0.05, 0) is 20.8 Å². The van der Waals surface area contributed by atoms with Crippen LogP contribution in [0.3, 0.4) is 0 Å². The first-order valence-electron chi connectivity index (χ1n) is 6.04. The van der Waals surface area contributed by atoms with Crippen molar-refractivity contribution in [3.63, 3.8) is 0 Å². The van der Waals surface area contributed by atoms with E-state index in [2.05, 4.69) is 0 Å². The van der Waals surface area contributed by atoms with Crippen molar-refractivity contribution in [1.29, 1.82) is 0 Å². The summed E-state index contributed by atoms with van der Waals surface area (Å²) in [6.07, 6.45) is -0.383. The Morgan fingerprint density at radius 2 is 2.00 bits per heavy atom. The topological polar surface area (TPSA) is 62.2 Å². The summed E-state index contributed by atoms with van der Waals surface area (Å²) in [5, 5.41) is 10.5. The highest BCUT2D eigenvalue weighted by atomic mass is 16.7. The molecule has 0 aromatic heterocycles. The molecule has 1 rings (SSSR count). The van der Waals surface area contributed by atoms with Gasteiger partial charge in [0.15, 0.2) is 6.29 Å². The molecule has 0 spiro atoms. The van der Waals surface area contributed by atoms with Gasteiger partial charge in [0.2, 0.25) is 5.91 Å². The lowest BCUT2D eigenvalue weighted by Crippen LogP contribution is -2.55. The summed E-state index contributed by atoms with van der Waals surface area (Å²) in [5.41, 5.74) is 0. The van der Waals surface area contributed by atoms with E-state index in [1.807, 2.05) is 20.8 Å². The van der Waals surface area contributed by atoms with Crippen molar-refractivity contribution >= 4 is 5.91 Å². The Morgan fingerprint density at radius 1 is 1.41 bits per heavy atom. The second-order valence-electron chi connectivity index (χ2n) is 4.09. The van der Waals surface area contributed by atoms with Gasteiger partial charge >= 0.3 is 0 Å². The molecular weight excluding hydrogens is 224 g/mol. The lowest BCUT2D eigenvalue weighted by molar-refractivity contribution is -0.188. The summed E-state index contributed by atoms with van der Waals surface area (Å²) < 4.78 is 10.8. The van der Waals surface area contributed by atoms with Gasteiger partial charge in [-0.15, -0.1) is 0 Å². The summed E-state index contributed by atoms with van der Waals surface area (Å²) in [5.74, 6) is -0.102. The van der Waals surface area contributed by atoms with E-state index < -0.39 is 0 Å². The summed E-state index contributed by atoms with van der Waals surface area (Å²) >= 11 is 0. The zero-order valence-electron chi connectivity index (χ0n) is 10.8. The van der Waals surface area contributed by atoms with Gasteiger partial charge in [-0.25, -0.2) is 0 Å². The number of hydroxylamine groups is 2. The molecule has 6 nitrogen and oxygen atoms in total. The molecule has 17 heavy (non-hydrogen) atoms. The van der Waals surface area contributed by atoms with Crippen LogP contribution in [0.4, 0.5) is 0 Å². The molecule has 0 radical (unpaired) electrons. The highest BCUT2D eigenvalue weighted by molar-refractivity contribution is 5.79. The monoisotopic (exact) mass is 246 g/mol. The van der Waals surface area contributed by atoms with E-state index in [1.165, 1.54) is 0 Å². The van der Waals surface area contributed by atoms with Crippen molar-refractivity contribution in [2.75, 3.05) is 32.8 Å². The SMILES string of the molecule is CCOC(CN1CC(C)N(O)CC1=O)OCC. The van der Waals surface area contributed by atoms with E-state index in [0.717, 1.165) is 5.06 Å². The zero-order valence-corrected chi connectivity index (χ0v) is 10.8. The minimum atomic E-state index is -0.383. The molecule has 100 valence electrons. The number of carbonyl (C=O) groups excluding carboxylic acids is 1. The first-order valence-corrected chi connectivity index (χ1v) is 6.04. The van der Waals surface area contributed by atoms with E-state index in [4.69, 9.17) is 9.47 Å². The van der Waals surface area contributed by atoms with Crippen LogP contribution in [0.15, 0.2) is 0 Å². The molecule has 0 aliphatic carbocycles. The molecular formula is C11H22N2O4. The number of hydrogen-bond donors (Lipinski definition) is 1. The lowest BCUT2D eigenvalue weighted by atomic mass is 10.2. The number of nitrogens with zero attached hydrogens (tertiary/aromatic N) is 2. The predicted octanol–water partition coefficient (Wildman–Crippen LogP) is 0.307. The molecule has 1 aliphatic heterocycles. The van der Waals surface area contributed by atoms with Gasteiger partial charge < -0.3 is 19.6 Å². The number of rotatable bonds is 6. The summed E-state index contributed by atoms with van der Waals surface area (Å²) in [4.78, 5) is 13.4. The molecule has 1 atom stereocenters. The average molecular weight is 246 g/mol. The van der Waals surface area contributed by atoms with Crippen LogP contribution in [0.2, 0.25) is 0 Å². The van der Waals surface area contributed by atoms with Crippen LogP contribution in [0.5, 0.6) is 0 Å². The van der Waals surface area contributed by atoms with Crippen LogP contribution in [-0.2, 0) is 14.3 Å². The van der Waals surface area contributed by atoms with Crippen molar-refractivity contribution in [1.82, 2.24) is 9.96 Å². The molecule has 1 fully saturated rings. The van der Waals surface area contributed by atoms with Crippen LogP contribution in [0.25, 0.3) is 0 Å². The largest absolute Gasteiger partial charge is 0.351 e. The molecule has 6 heteroatoms. The fraction of sp³-hybridized carbons (Fsp3) is 0.909. The fourth-order valence-electron chi connectivity index (χ4n) is 1.79. The van der Waals surface area contributed by atoms with Crippen molar-refractivity contribution in [2.45, 2.75) is 33.1 Å². The summed E-state index contributed by atoms with van der Waals surface area (Å²) in [7, 11) is 0. The Bertz CT molecular complexity index is 244. The van der Waals surface area contributed by atoms with Crippen LogP contribution in [0.1, 0.15) is 20.8 Å². The predicted molar refractivity (Wildman–Crippen MR) is 61.6 cm³/mol. The molecule has 1 unspecified atom stereocenters. The lowest BCUT2D eigenvalue weighted by Gasteiger charge is -2.37. The van der Waals surface area contributed by atoms with Crippen molar-refractivity contribution < 1.29 is 19.5 Å². The number of piperazine rings is 1. The minimum absolute atomic E-state index is 0.0339. The second kappa shape index (κ2) is 6.90. The van der Waals surface area contributed by atoms with Crippen LogP contribution in [0, 0.1) is 0 Å². The molecule has 0 aromatic rings. The van der Waals surface area contributed by atoms with Crippen LogP contribution in [-0.4, -0.2) is 66.3 Å². The Labute approximate surface area is 102 Å². The first kappa shape index (κ1) is 14.4. The third kappa shape index (κ3) is 4.23. The van der Waals surface area contributed by atoms with Crippen molar-refractivity contribution in [2.24, 2.45) is 0 Å². The molecule has 1 heterocycles. The molecule has 1 amide bonds. The Balaban J connectivity index is 2.50. The van der Waals surface area contributed by atoms with Crippen LogP contribution < -0.4 is 0 Å². The Kier molecular flexibility index (Phi) is 5.84. The van der Waals surface area contributed by atoms with E-state index in [0.29, 0.717) is 26.3 Å². The third-order valence-electron chi connectivity index (χ3n) is 2.72. The van der Waals surface area contributed by atoms with Crippen LogP contribution >= 0.6 is 0 Å². The van der Waals surface area contributed by atoms with Gasteiger partial charge in [0.05, 0.1) is 12.6 Å². The maximum atomic E-state index is 11.7. The van der Waals surface area contributed by atoms with Crippen molar-refractivity contribution in [3.8, 4) is 0 Å². The Morgan fingerprint density at radius 3 is 2.53 bits per heavy atom. The molecule has 0 aromatic carbocycles. The van der Waals surface area contributed by atoms with E-state index >= 15 is 0 Å². The van der Waals surface area contributed by atoms with E-state index in [1.54, 1.807) is 4.90 Å². The van der Waals surface area contributed by atoms with Gasteiger partial charge in [-0.1, -0.05) is 0 Å². The highest BCUT2D eigenvalue weighted by Crippen LogP contribution is 2.10. The molecule has 1 aliphatic rings. The van der Waals surface area contributed by atoms with E-state index in [9.17, 15) is 10.0 Å².